The molecule has 2 aromatic carbocycles. The molecular weight excluding hydrogens is 271 g/mol. The number of amides is 1. The summed E-state index contributed by atoms with van der Waals surface area (Å²) < 4.78 is 13.6. The van der Waals surface area contributed by atoms with E-state index in [2.05, 4.69) is 10.6 Å². The number of hydrogen-bond donors (Lipinski definition) is 3. The summed E-state index contributed by atoms with van der Waals surface area (Å²) in [7, 11) is 0. The van der Waals surface area contributed by atoms with Crippen LogP contribution in [0.5, 0.6) is 5.75 Å². The molecule has 5 heteroatoms. The molecule has 110 valence electrons. The third-order valence-electron chi connectivity index (χ3n) is 2.96. The highest BCUT2D eigenvalue weighted by Crippen LogP contribution is 2.17. The van der Waals surface area contributed by atoms with E-state index < -0.39 is 11.7 Å². The average molecular weight is 288 g/mol. The maximum absolute atomic E-state index is 13.6. The standard InChI is InChI=1S/C16H17FN2O2/c1-2-18-10-11-4-3-5-12(8-11)19-16(21)14-7-6-13(20)9-15(14)17/h3-9,18,20H,2,10H2,1H3,(H,19,21). The second-order valence-electron chi connectivity index (χ2n) is 4.60. The minimum Gasteiger partial charge on any atom is -0.508 e. The quantitative estimate of drug-likeness (QED) is 0.793. The van der Waals surface area contributed by atoms with Crippen LogP contribution in [0.3, 0.4) is 0 Å². The molecule has 3 N–H and O–H groups in total. The number of carbonyl (C=O) groups is 1. The molecule has 0 aliphatic rings. The molecule has 0 heterocycles. The van der Waals surface area contributed by atoms with E-state index in [4.69, 9.17) is 5.11 Å². The number of phenols is 1. The Labute approximate surface area is 122 Å². The largest absolute Gasteiger partial charge is 0.508 e. The molecule has 0 radical (unpaired) electrons. The fourth-order valence-electron chi connectivity index (χ4n) is 1.91. The van der Waals surface area contributed by atoms with Gasteiger partial charge in [0.25, 0.3) is 5.91 Å². The van der Waals surface area contributed by atoms with Gasteiger partial charge in [0.1, 0.15) is 11.6 Å². The number of benzene rings is 2. The van der Waals surface area contributed by atoms with E-state index in [1.165, 1.54) is 12.1 Å². The number of phenolic OH excluding ortho intramolecular Hbond substituents is 1. The number of aromatic hydroxyl groups is 1. The SMILES string of the molecule is CCNCc1cccc(NC(=O)c2ccc(O)cc2F)c1. The van der Waals surface area contributed by atoms with Crippen molar-refractivity contribution < 1.29 is 14.3 Å². The summed E-state index contributed by atoms with van der Waals surface area (Å²) in [5.74, 6) is -1.51. The second-order valence-corrected chi connectivity index (χ2v) is 4.60. The molecular formula is C16H17FN2O2. The van der Waals surface area contributed by atoms with Crippen molar-refractivity contribution in [2.75, 3.05) is 11.9 Å². The van der Waals surface area contributed by atoms with Gasteiger partial charge in [-0.15, -0.1) is 0 Å². The van der Waals surface area contributed by atoms with Crippen molar-refractivity contribution in [3.63, 3.8) is 0 Å². The van der Waals surface area contributed by atoms with Crippen LogP contribution >= 0.6 is 0 Å². The number of carbonyl (C=O) groups excluding carboxylic acids is 1. The summed E-state index contributed by atoms with van der Waals surface area (Å²) >= 11 is 0. The number of anilines is 1. The van der Waals surface area contributed by atoms with Crippen molar-refractivity contribution in [1.29, 1.82) is 0 Å². The van der Waals surface area contributed by atoms with Crippen molar-refractivity contribution in [1.82, 2.24) is 5.32 Å². The zero-order valence-electron chi connectivity index (χ0n) is 11.7. The predicted octanol–water partition coefficient (Wildman–Crippen LogP) is 2.89. The number of halogens is 1. The van der Waals surface area contributed by atoms with Crippen molar-refractivity contribution in [3.8, 4) is 5.75 Å². The van der Waals surface area contributed by atoms with Gasteiger partial charge in [-0.1, -0.05) is 19.1 Å². The summed E-state index contributed by atoms with van der Waals surface area (Å²) in [6.45, 7) is 3.57. The highest BCUT2D eigenvalue weighted by atomic mass is 19.1. The van der Waals surface area contributed by atoms with E-state index in [1.807, 2.05) is 25.1 Å². The highest BCUT2D eigenvalue weighted by molar-refractivity contribution is 6.04. The van der Waals surface area contributed by atoms with Gasteiger partial charge < -0.3 is 15.7 Å². The Morgan fingerprint density at radius 2 is 2.05 bits per heavy atom. The van der Waals surface area contributed by atoms with Crippen molar-refractivity contribution in [2.24, 2.45) is 0 Å². The lowest BCUT2D eigenvalue weighted by atomic mass is 10.1. The third kappa shape index (κ3) is 4.03. The maximum atomic E-state index is 13.6. The number of rotatable bonds is 5. The van der Waals surface area contributed by atoms with Crippen LogP contribution in [-0.4, -0.2) is 17.6 Å². The minimum atomic E-state index is -0.753. The van der Waals surface area contributed by atoms with Crippen molar-refractivity contribution in [3.05, 3.63) is 59.4 Å². The zero-order chi connectivity index (χ0) is 15.2. The van der Waals surface area contributed by atoms with Crippen LogP contribution in [0.4, 0.5) is 10.1 Å². The molecule has 2 aromatic rings. The first-order chi connectivity index (χ1) is 10.1. The van der Waals surface area contributed by atoms with Gasteiger partial charge in [-0.05, 0) is 36.4 Å². The molecule has 4 nitrogen and oxygen atoms in total. The molecule has 0 atom stereocenters. The van der Waals surface area contributed by atoms with Gasteiger partial charge in [0.2, 0.25) is 0 Å². The van der Waals surface area contributed by atoms with E-state index in [9.17, 15) is 9.18 Å². The molecule has 0 bridgehead atoms. The van der Waals surface area contributed by atoms with Crippen LogP contribution in [0.25, 0.3) is 0 Å². The molecule has 1 amide bonds. The smallest absolute Gasteiger partial charge is 0.258 e. The Hall–Kier alpha value is -2.40. The van der Waals surface area contributed by atoms with E-state index in [0.717, 1.165) is 18.2 Å². The van der Waals surface area contributed by atoms with Gasteiger partial charge in [-0.3, -0.25) is 4.79 Å². The van der Waals surface area contributed by atoms with Gasteiger partial charge in [0.15, 0.2) is 0 Å². The van der Waals surface area contributed by atoms with E-state index in [1.54, 1.807) is 6.07 Å². The van der Waals surface area contributed by atoms with Gasteiger partial charge >= 0.3 is 0 Å². The summed E-state index contributed by atoms with van der Waals surface area (Å²) in [5.41, 5.74) is 1.52. The Kier molecular flexibility index (Phi) is 4.90. The lowest BCUT2D eigenvalue weighted by molar-refractivity contribution is 0.102. The normalized spacial score (nSPS) is 10.4. The van der Waals surface area contributed by atoms with Crippen LogP contribution in [0, 0.1) is 5.82 Å². The first kappa shape index (κ1) is 15.0. The molecule has 0 aromatic heterocycles. The van der Waals surface area contributed by atoms with Gasteiger partial charge in [0.05, 0.1) is 5.56 Å². The summed E-state index contributed by atoms with van der Waals surface area (Å²) in [5, 5.41) is 15.0. The van der Waals surface area contributed by atoms with E-state index >= 15 is 0 Å². The van der Waals surface area contributed by atoms with Gasteiger partial charge in [-0.2, -0.15) is 0 Å². The number of nitrogens with one attached hydrogen (secondary N) is 2. The van der Waals surface area contributed by atoms with E-state index in [-0.39, 0.29) is 11.3 Å². The summed E-state index contributed by atoms with van der Waals surface area (Å²) in [4.78, 5) is 12.0. The van der Waals surface area contributed by atoms with Gasteiger partial charge in [-0.25, -0.2) is 4.39 Å². The Morgan fingerprint density at radius 3 is 2.76 bits per heavy atom. The monoisotopic (exact) mass is 288 g/mol. The molecule has 0 unspecified atom stereocenters. The Balaban J connectivity index is 2.12. The first-order valence-electron chi connectivity index (χ1n) is 6.69. The molecule has 0 aliphatic heterocycles. The lowest BCUT2D eigenvalue weighted by Crippen LogP contribution is -2.15. The van der Waals surface area contributed by atoms with Crippen LogP contribution in [0.15, 0.2) is 42.5 Å². The van der Waals surface area contributed by atoms with Crippen LogP contribution in [-0.2, 0) is 6.54 Å². The van der Waals surface area contributed by atoms with Gasteiger partial charge in [0, 0.05) is 18.3 Å². The zero-order valence-corrected chi connectivity index (χ0v) is 11.7. The molecule has 2 rings (SSSR count). The molecule has 0 spiro atoms. The molecule has 0 aliphatic carbocycles. The lowest BCUT2D eigenvalue weighted by Gasteiger charge is -2.08. The molecule has 21 heavy (non-hydrogen) atoms. The Morgan fingerprint density at radius 1 is 1.24 bits per heavy atom. The summed E-state index contributed by atoms with van der Waals surface area (Å²) in [6.07, 6.45) is 0. The van der Waals surface area contributed by atoms with E-state index in [0.29, 0.717) is 12.2 Å². The maximum Gasteiger partial charge on any atom is 0.258 e. The fourth-order valence-corrected chi connectivity index (χ4v) is 1.91. The van der Waals surface area contributed by atoms with Crippen LogP contribution < -0.4 is 10.6 Å². The number of hydrogen-bond acceptors (Lipinski definition) is 3. The molecule has 0 saturated carbocycles. The average Bonchev–Trinajstić information content (AvgIpc) is 2.45. The fraction of sp³-hybridized carbons (Fsp3) is 0.188. The second kappa shape index (κ2) is 6.85. The Bertz CT molecular complexity index is 644. The highest BCUT2D eigenvalue weighted by Gasteiger charge is 2.12. The molecule has 0 saturated heterocycles. The summed E-state index contributed by atoms with van der Waals surface area (Å²) in [6, 6.07) is 10.8. The van der Waals surface area contributed by atoms with Crippen molar-refractivity contribution >= 4 is 11.6 Å². The van der Waals surface area contributed by atoms with Crippen molar-refractivity contribution in [2.45, 2.75) is 13.5 Å². The van der Waals surface area contributed by atoms with Crippen LogP contribution in [0.1, 0.15) is 22.8 Å². The molecule has 0 fully saturated rings. The third-order valence-corrected chi connectivity index (χ3v) is 2.96. The minimum absolute atomic E-state index is 0.107. The van der Waals surface area contributed by atoms with Crippen LogP contribution in [0.2, 0.25) is 0 Å². The first-order valence-corrected chi connectivity index (χ1v) is 6.69. The predicted molar refractivity (Wildman–Crippen MR) is 79.8 cm³/mol. The topological polar surface area (TPSA) is 61.4 Å².